The predicted molar refractivity (Wildman–Crippen MR) is 127 cm³/mol. The molecular formula is C26H33N3O2. The Bertz CT molecular complexity index is 1030. The number of piperidine rings is 1. The molecule has 0 aliphatic carbocycles. The van der Waals surface area contributed by atoms with Crippen molar-refractivity contribution in [2.24, 2.45) is 5.92 Å². The quantitative estimate of drug-likeness (QED) is 0.554. The zero-order valence-electron chi connectivity index (χ0n) is 18.8. The number of aromatic nitrogens is 1. The second kappa shape index (κ2) is 9.56. The van der Waals surface area contributed by atoms with Crippen molar-refractivity contribution in [1.29, 1.82) is 0 Å². The molecule has 2 N–H and O–H groups in total. The van der Waals surface area contributed by atoms with E-state index >= 15 is 0 Å². The molecule has 0 atom stereocenters. The van der Waals surface area contributed by atoms with Crippen LogP contribution in [0.1, 0.15) is 43.7 Å². The van der Waals surface area contributed by atoms with Crippen LogP contribution in [0.2, 0.25) is 0 Å². The molecule has 1 aliphatic heterocycles. The average molecular weight is 420 g/mol. The van der Waals surface area contributed by atoms with E-state index in [2.05, 4.69) is 51.7 Å². The van der Waals surface area contributed by atoms with Crippen LogP contribution in [0.3, 0.4) is 0 Å². The standard InChI is InChI=1S/C26H33N3O2/c1-18(2)26(30)28-22-6-4-5-20(15-22)19-9-12-29(13-10-19)14-11-21-17-27-25-8-7-23(31-3)16-24(21)25/h4-8,15-19,27H,9-14H2,1-3H3,(H,28,30). The van der Waals surface area contributed by atoms with Crippen LogP contribution >= 0.6 is 0 Å². The summed E-state index contributed by atoms with van der Waals surface area (Å²) in [4.78, 5) is 17.9. The number of benzene rings is 2. The van der Waals surface area contributed by atoms with E-state index in [0.29, 0.717) is 5.92 Å². The molecule has 3 aromatic rings. The van der Waals surface area contributed by atoms with E-state index in [0.717, 1.165) is 50.3 Å². The lowest BCUT2D eigenvalue weighted by Crippen LogP contribution is -2.34. The maximum atomic E-state index is 12.0. The van der Waals surface area contributed by atoms with Crippen molar-refractivity contribution in [3.8, 4) is 5.75 Å². The van der Waals surface area contributed by atoms with Crippen LogP contribution in [0.5, 0.6) is 5.75 Å². The van der Waals surface area contributed by atoms with Crippen LogP contribution in [0.4, 0.5) is 5.69 Å². The van der Waals surface area contributed by atoms with E-state index in [9.17, 15) is 4.79 Å². The first-order chi connectivity index (χ1) is 15.0. The largest absolute Gasteiger partial charge is 0.497 e. The second-order valence-corrected chi connectivity index (χ2v) is 8.86. The third-order valence-electron chi connectivity index (χ3n) is 6.41. The van der Waals surface area contributed by atoms with Gasteiger partial charge in [0.2, 0.25) is 5.91 Å². The first-order valence-electron chi connectivity index (χ1n) is 11.3. The Hall–Kier alpha value is -2.79. The first-order valence-corrected chi connectivity index (χ1v) is 11.3. The van der Waals surface area contributed by atoms with E-state index in [4.69, 9.17) is 4.74 Å². The molecule has 1 fully saturated rings. The number of hydrogen-bond acceptors (Lipinski definition) is 3. The minimum atomic E-state index is -0.00914. The van der Waals surface area contributed by atoms with Crippen LogP contribution in [0.15, 0.2) is 48.7 Å². The van der Waals surface area contributed by atoms with Gasteiger partial charge in [0, 0.05) is 35.2 Å². The van der Waals surface area contributed by atoms with Gasteiger partial charge in [-0.3, -0.25) is 4.79 Å². The molecule has 164 valence electrons. The number of rotatable bonds is 7. The number of likely N-dealkylation sites (tertiary alicyclic amines) is 1. The maximum Gasteiger partial charge on any atom is 0.226 e. The Kier molecular flexibility index (Phi) is 6.62. The van der Waals surface area contributed by atoms with Gasteiger partial charge in [-0.2, -0.15) is 0 Å². The average Bonchev–Trinajstić information content (AvgIpc) is 3.20. The number of carbonyl (C=O) groups excluding carboxylic acids is 1. The molecule has 2 aromatic carbocycles. The normalized spacial score (nSPS) is 15.5. The fraction of sp³-hybridized carbons (Fsp3) is 0.423. The molecule has 0 spiro atoms. The Morgan fingerprint density at radius 1 is 1.19 bits per heavy atom. The molecule has 1 amide bonds. The minimum Gasteiger partial charge on any atom is -0.497 e. The van der Waals surface area contributed by atoms with Crippen molar-refractivity contribution in [2.75, 3.05) is 32.1 Å². The van der Waals surface area contributed by atoms with Gasteiger partial charge in [0.1, 0.15) is 5.75 Å². The van der Waals surface area contributed by atoms with Gasteiger partial charge < -0.3 is 19.9 Å². The summed E-state index contributed by atoms with van der Waals surface area (Å²) in [5.41, 5.74) is 4.77. The molecule has 5 nitrogen and oxygen atoms in total. The van der Waals surface area contributed by atoms with Crippen molar-refractivity contribution in [3.63, 3.8) is 0 Å². The molecule has 4 rings (SSSR count). The lowest BCUT2D eigenvalue weighted by atomic mass is 9.89. The maximum absolute atomic E-state index is 12.0. The van der Waals surface area contributed by atoms with E-state index in [1.165, 1.54) is 22.0 Å². The molecular weight excluding hydrogens is 386 g/mol. The minimum absolute atomic E-state index is 0.00914. The smallest absolute Gasteiger partial charge is 0.226 e. The molecule has 5 heteroatoms. The highest BCUT2D eigenvalue weighted by Gasteiger charge is 2.21. The highest BCUT2D eigenvalue weighted by atomic mass is 16.5. The Balaban J connectivity index is 1.32. The Morgan fingerprint density at radius 2 is 2.00 bits per heavy atom. The number of hydrogen-bond donors (Lipinski definition) is 2. The summed E-state index contributed by atoms with van der Waals surface area (Å²) in [7, 11) is 1.71. The number of fused-ring (bicyclic) bond motifs is 1. The summed E-state index contributed by atoms with van der Waals surface area (Å²) in [5, 5.41) is 4.29. The SMILES string of the molecule is COc1ccc2[nH]cc(CCN3CCC(c4cccc(NC(=O)C(C)C)c4)CC3)c2c1. The van der Waals surface area contributed by atoms with Crippen molar-refractivity contribution in [2.45, 2.75) is 39.0 Å². The number of anilines is 1. The first kappa shape index (κ1) is 21.4. The van der Waals surface area contributed by atoms with Crippen LogP contribution in [0.25, 0.3) is 10.9 Å². The number of ether oxygens (including phenoxy) is 1. The Labute approximate surface area is 184 Å². The zero-order valence-corrected chi connectivity index (χ0v) is 18.8. The van der Waals surface area contributed by atoms with Crippen molar-refractivity contribution in [3.05, 3.63) is 59.8 Å². The predicted octanol–water partition coefficient (Wildman–Crippen LogP) is 5.19. The summed E-state index contributed by atoms with van der Waals surface area (Å²) >= 11 is 0. The van der Waals surface area contributed by atoms with Gasteiger partial charge in [0.15, 0.2) is 0 Å². The summed E-state index contributed by atoms with van der Waals surface area (Å²) in [5.74, 6) is 1.53. The van der Waals surface area contributed by atoms with Gasteiger partial charge in [-0.15, -0.1) is 0 Å². The molecule has 31 heavy (non-hydrogen) atoms. The third kappa shape index (κ3) is 5.10. The number of nitrogens with zero attached hydrogens (tertiary/aromatic N) is 1. The summed E-state index contributed by atoms with van der Waals surface area (Å²) in [6, 6.07) is 14.6. The van der Waals surface area contributed by atoms with Gasteiger partial charge in [0.25, 0.3) is 0 Å². The summed E-state index contributed by atoms with van der Waals surface area (Å²) in [6.45, 7) is 7.13. The molecule has 1 aliphatic rings. The molecule has 0 unspecified atom stereocenters. The number of amides is 1. The van der Waals surface area contributed by atoms with Crippen LogP contribution in [-0.4, -0.2) is 42.5 Å². The van der Waals surface area contributed by atoms with E-state index in [1.807, 2.05) is 26.0 Å². The van der Waals surface area contributed by atoms with Crippen LogP contribution < -0.4 is 10.1 Å². The fourth-order valence-corrected chi connectivity index (χ4v) is 4.42. The Morgan fingerprint density at radius 3 is 2.74 bits per heavy atom. The van der Waals surface area contributed by atoms with Crippen LogP contribution in [-0.2, 0) is 11.2 Å². The molecule has 0 radical (unpaired) electrons. The summed E-state index contributed by atoms with van der Waals surface area (Å²) in [6.07, 6.45) is 5.48. The fourth-order valence-electron chi connectivity index (χ4n) is 4.42. The van der Waals surface area contributed by atoms with Gasteiger partial charge in [0.05, 0.1) is 7.11 Å². The number of aromatic amines is 1. The van der Waals surface area contributed by atoms with Gasteiger partial charge in [-0.05, 0) is 79.7 Å². The summed E-state index contributed by atoms with van der Waals surface area (Å²) < 4.78 is 5.39. The van der Waals surface area contributed by atoms with Crippen molar-refractivity contribution >= 4 is 22.5 Å². The lowest BCUT2D eigenvalue weighted by Gasteiger charge is -2.32. The van der Waals surface area contributed by atoms with Crippen molar-refractivity contribution in [1.82, 2.24) is 9.88 Å². The van der Waals surface area contributed by atoms with Gasteiger partial charge in [-0.25, -0.2) is 0 Å². The molecule has 2 heterocycles. The van der Waals surface area contributed by atoms with Crippen molar-refractivity contribution < 1.29 is 9.53 Å². The highest BCUT2D eigenvalue weighted by molar-refractivity contribution is 5.92. The lowest BCUT2D eigenvalue weighted by molar-refractivity contribution is -0.118. The topological polar surface area (TPSA) is 57.4 Å². The number of nitrogens with one attached hydrogen (secondary N) is 2. The van der Waals surface area contributed by atoms with Crippen LogP contribution in [0, 0.1) is 5.92 Å². The highest BCUT2D eigenvalue weighted by Crippen LogP contribution is 2.30. The van der Waals surface area contributed by atoms with E-state index < -0.39 is 0 Å². The number of H-pyrrole nitrogens is 1. The van der Waals surface area contributed by atoms with Gasteiger partial charge in [-0.1, -0.05) is 26.0 Å². The third-order valence-corrected chi connectivity index (χ3v) is 6.41. The molecule has 0 bridgehead atoms. The zero-order chi connectivity index (χ0) is 21.8. The monoisotopic (exact) mass is 419 g/mol. The second-order valence-electron chi connectivity index (χ2n) is 8.86. The van der Waals surface area contributed by atoms with E-state index in [1.54, 1.807) is 7.11 Å². The van der Waals surface area contributed by atoms with E-state index in [-0.39, 0.29) is 11.8 Å². The number of carbonyl (C=O) groups is 1. The van der Waals surface area contributed by atoms with Gasteiger partial charge >= 0.3 is 0 Å². The molecule has 1 saturated heterocycles. The molecule has 0 saturated carbocycles. The molecule has 1 aromatic heterocycles. The number of methoxy groups -OCH3 is 1.